The van der Waals surface area contributed by atoms with Crippen molar-refractivity contribution >= 4 is 29.1 Å². The van der Waals surface area contributed by atoms with E-state index in [2.05, 4.69) is 26.1 Å². The molecule has 1 saturated heterocycles. The van der Waals surface area contributed by atoms with Gasteiger partial charge < -0.3 is 10.2 Å². The average molecular weight is 361 g/mol. The van der Waals surface area contributed by atoms with Crippen molar-refractivity contribution in [1.29, 1.82) is 0 Å². The molecule has 0 aliphatic carbocycles. The molecule has 2 rings (SSSR count). The zero-order chi connectivity index (χ0) is 18.6. The second-order valence-electron chi connectivity index (χ2n) is 7.73. The number of likely N-dealkylation sites (tertiary alicyclic amines) is 1. The first-order valence-electron chi connectivity index (χ1n) is 8.61. The van der Waals surface area contributed by atoms with Crippen molar-refractivity contribution in [2.75, 3.05) is 24.7 Å². The zero-order valence-corrected chi connectivity index (χ0v) is 16.6. The Morgan fingerprint density at radius 3 is 2.64 bits per heavy atom. The quantitative estimate of drug-likeness (QED) is 0.817. The van der Waals surface area contributed by atoms with Crippen molar-refractivity contribution in [3.8, 4) is 0 Å². The van der Waals surface area contributed by atoms with Crippen LogP contribution in [0.25, 0.3) is 0 Å². The van der Waals surface area contributed by atoms with Crippen LogP contribution in [0.3, 0.4) is 0 Å². The number of amides is 1. The average Bonchev–Trinajstić information content (AvgIpc) is 2.51. The number of ketones is 1. The number of benzene rings is 1. The number of carbonyl (C=O) groups excluding carboxylic acids is 2. The summed E-state index contributed by atoms with van der Waals surface area (Å²) in [4.78, 5) is 26.8. The van der Waals surface area contributed by atoms with Gasteiger partial charge in [0.25, 0.3) is 0 Å². The van der Waals surface area contributed by atoms with Crippen LogP contribution in [0.1, 0.15) is 39.2 Å². The number of nitrogens with zero attached hydrogens (tertiary/aromatic N) is 1. The van der Waals surface area contributed by atoms with Crippen molar-refractivity contribution in [1.82, 2.24) is 4.90 Å². The molecule has 0 bridgehead atoms. The molecular weight excluding hydrogens is 332 g/mol. The highest BCUT2D eigenvalue weighted by Crippen LogP contribution is 2.27. The number of piperidine rings is 1. The molecule has 1 aliphatic rings. The molecule has 1 N–H and O–H groups in total. The van der Waals surface area contributed by atoms with Gasteiger partial charge in [-0.3, -0.25) is 9.59 Å². The van der Waals surface area contributed by atoms with Crippen molar-refractivity contribution in [3.63, 3.8) is 0 Å². The fraction of sp³-hybridized carbons (Fsp3) is 0.500. The van der Waals surface area contributed by atoms with Gasteiger partial charge in [-0.15, -0.1) is 11.8 Å². The third-order valence-corrected chi connectivity index (χ3v) is 4.84. The van der Waals surface area contributed by atoms with Crippen LogP contribution in [0.4, 0.5) is 5.69 Å². The van der Waals surface area contributed by atoms with Crippen LogP contribution in [0.2, 0.25) is 0 Å². The van der Waals surface area contributed by atoms with Crippen LogP contribution in [0.5, 0.6) is 0 Å². The van der Waals surface area contributed by atoms with Crippen molar-refractivity contribution in [3.05, 3.63) is 40.4 Å². The van der Waals surface area contributed by atoms with E-state index in [1.807, 2.05) is 42.3 Å². The Labute approximate surface area is 155 Å². The van der Waals surface area contributed by atoms with E-state index in [4.69, 9.17) is 0 Å². The van der Waals surface area contributed by atoms with E-state index in [0.717, 1.165) is 16.3 Å². The van der Waals surface area contributed by atoms with Gasteiger partial charge in [-0.05, 0) is 36.3 Å². The molecule has 136 valence electrons. The zero-order valence-electron chi connectivity index (χ0n) is 15.8. The van der Waals surface area contributed by atoms with Gasteiger partial charge in [0, 0.05) is 30.6 Å². The van der Waals surface area contributed by atoms with Crippen molar-refractivity contribution in [2.45, 2.75) is 40.5 Å². The highest BCUT2D eigenvalue weighted by molar-refractivity contribution is 8.02. The fourth-order valence-electron chi connectivity index (χ4n) is 2.83. The number of nitrogens with one attached hydrogen (secondary N) is 1. The molecule has 1 amide bonds. The maximum Gasteiger partial charge on any atom is 0.223 e. The van der Waals surface area contributed by atoms with Gasteiger partial charge in [-0.2, -0.15) is 0 Å². The first-order chi connectivity index (χ1) is 11.7. The molecule has 1 aromatic rings. The van der Waals surface area contributed by atoms with E-state index in [-0.39, 0.29) is 17.1 Å². The summed E-state index contributed by atoms with van der Waals surface area (Å²) < 4.78 is 0. The lowest BCUT2D eigenvalue weighted by Crippen LogP contribution is -2.42. The predicted molar refractivity (Wildman–Crippen MR) is 106 cm³/mol. The maximum absolute atomic E-state index is 12.5. The van der Waals surface area contributed by atoms with E-state index in [1.54, 1.807) is 0 Å². The molecule has 0 spiro atoms. The fourth-order valence-corrected chi connectivity index (χ4v) is 3.47. The summed E-state index contributed by atoms with van der Waals surface area (Å²) in [6, 6.07) is 8.06. The number of anilines is 1. The van der Waals surface area contributed by atoms with Gasteiger partial charge in [-0.1, -0.05) is 32.9 Å². The molecule has 5 heteroatoms. The molecule has 0 unspecified atom stereocenters. The molecule has 0 radical (unpaired) electrons. The lowest BCUT2D eigenvalue weighted by molar-refractivity contribution is -0.134. The van der Waals surface area contributed by atoms with Crippen LogP contribution in [0.15, 0.2) is 34.9 Å². The van der Waals surface area contributed by atoms with Gasteiger partial charge in [0.1, 0.15) is 0 Å². The lowest BCUT2D eigenvalue weighted by Gasteiger charge is -2.31. The van der Waals surface area contributed by atoms with Gasteiger partial charge in [0.2, 0.25) is 5.91 Å². The van der Waals surface area contributed by atoms with E-state index in [0.29, 0.717) is 31.5 Å². The number of aryl methyl sites for hydroxylation is 1. The second-order valence-corrected chi connectivity index (χ2v) is 8.55. The third-order valence-electron chi connectivity index (χ3n) is 4.08. The monoisotopic (exact) mass is 360 g/mol. The van der Waals surface area contributed by atoms with Gasteiger partial charge in [-0.25, -0.2) is 0 Å². The van der Waals surface area contributed by atoms with Crippen molar-refractivity contribution in [2.24, 2.45) is 5.41 Å². The molecule has 1 aliphatic heterocycles. The van der Waals surface area contributed by atoms with Gasteiger partial charge >= 0.3 is 0 Å². The lowest BCUT2D eigenvalue weighted by atomic mass is 9.91. The van der Waals surface area contributed by atoms with Crippen LogP contribution >= 0.6 is 11.8 Å². The summed E-state index contributed by atoms with van der Waals surface area (Å²) in [6.07, 6.45) is 2.84. The Kier molecular flexibility index (Phi) is 6.33. The van der Waals surface area contributed by atoms with Gasteiger partial charge in [0.15, 0.2) is 5.78 Å². The number of hydrogen-bond donors (Lipinski definition) is 1. The second kappa shape index (κ2) is 8.09. The van der Waals surface area contributed by atoms with Gasteiger partial charge in [0.05, 0.1) is 11.6 Å². The molecule has 1 fully saturated rings. The molecule has 25 heavy (non-hydrogen) atoms. The predicted octanol–water partition coefficient (Wildman–Crippen LogP) is 4.22. The SMILES string of the molecule is CS/C(Nc1cccc(C)c1)=C1/CN(C(=O)CC(C)(C)C)CCC1=O. The van der Waals surface area contributed by atoms with Crippen molar-refractivity contribution < 1.29 is 9.59 Å². The van der Waals surface area contributed by atoms with E-state index in [1.165, 1.54) is 11.8 Å². The number of carbonyl (C=O) groups is 2. The Balaban J connectivity index is 2.21. The number of thioether (sulfide) groups is 1. The number of Topliss-reactive ketones (excluding diaryl/α,β-unsaturated/α-hetero) is 1. The highest BCUT2D eigenvalue weighted by atomic mass is 32.2. The minimum atomic E-state index is -0.0510. The van der Waals surface area contributed by atoms with E-state index in [9.17, 15) is 9.59 Å². The molecule has 1 heterocycles. The van der Waals surface area contributed by atoms with E-state index >= 15 is 0 Å². The smallest absolute Gasteiger partial charge is 0.223 e. The molecular formula is C20H28N2O2S. The minimum Gasteiger partial charge on any atom is -0.350 e. The summed E-state index contributed by atoms with van der Waals surface area (Å²) in [5, 5.41) is 4.20. The maximum atomic E-state index is 12.5. The third kappa shape index (κ3) is 5.63. The summed E-state index contributed by atoms with van der Waals surface area (Å²) in [5.41, 5.74) is 2.78. The molecule has 0 saturated carbocycles. The normalized spacial score (nSPS) is 17.5. The minimum absolute atomic E-state index is 0.0510. The molecule has 1 aromatic carbocycles. The number of rotatable bonds is 4. The standard InChI is InChI=1S/C20H28N2O2S/c1-14-7-6-8-15(11-14)21-19(25-5)16-13-22(10-9-17(16)23)18(24)12-20(2,3)4/h6-8,11,21H,9-10,12-13H2,1-5H3/b19-16-. The Hall–Kier alpha value is -1.75. The summed E-state index contributed by atoms with van der Waals surface area (Å²) in [6.45, 7) is 9.12. The summed E-state index contributed by atoms with van der Waals surface area (Å²) >= 11 is 1.52. The summed E-state index contributed by atoms with van der Waals surface area (Å²) in [5.74, 6) is 0.248. The molecule has 0 aromatic heterocycles. The largest absolute Gasteiger partial charge is 0.350 e. The molecule has 4 nitrogen and oxygen atoms in total. The Morgan fingerprint density at radius 1 is 1.32 bits per heavy atom. The van der Waals surface area contributed by atoms with E-state index < -0.39 is 0 Å². The first-order valence-corrected chi connectivity index (χ1v) is 9.84. The summed E-state index contributed by atoms with van der Waals surface area (Å²) in [7, 11) is 0. The van der Waals surface area contributed by atoms with Crippen LogP contribution in [-0.2, 0) is 9.59 Å². The topological polar surface area (TPSA) is 49.4 Å². The van der Waals surface area contributed by atoms with Crippen LogP contribution < -0.4 is 5.32 Å². The van der Waals surface area contributed by atoms with Crippen LogP contribution in [0, 0.1) is 12.3 Å². The Bertz CT molecular complexity index is 689. The first kappa shape index (κ1) is 19.6. The highest BCUT2D eigenvalue weighted by Gasteiger charge is 2.29. The van der Waals surface area contributed by atoms with Crippen LogP contribution in [-0.4, -0.2) is 35.9 Å². The Morgan fingerprint density at radius 2 is 2.04 bits per heavy atom. The molecule has 0 atom stereocenters. The number of hydrogen-bond acceptors (Lipinski definition) is 4.